The Labute approximate surface area is 183 Å². The van der Waals surface area contributed by atoms with Crippen molar-refractivity contribution in [3.63, 3.8) is 0 Å². The van der Waals surface area contributed by atoms with Gasteiger partial charge in [-0.05, 0) is 35.4 Å². The van der Waals surface area contributed by atoms with Crippen LogP contribution in [0.2, 0.25) is 0 Å². The number of quaternary nitrogens is 2. The number of aliphatic hydroxyl groups is 4. The van der Waals surface area contributed by atoms with E-state index >= 15 is 0 Å². The molecule has 4 atom stereocenters. The molecule has 0 aliphatic rings. The number of benzene rings is 2. The SMILES string of the molecule is O=C([O-])C(O)C(O)C(=O)[O-].[NH3+]C[C@H](O)c1ccc(O)cc1.[NH3+]C[C@H](O)c1ccc(O)cc1. The Morgan fingerprint density at radius 1 is 0.656 bits per heavy atom. The van der Waals surface area contributed by atoms with Gasteiger partial charge in [0.2, 0.25) is 0 Å². The number of aliphatic hydroxyl groups excluding tert-OH is 4. The van der Waals surface area contributed by atoms with E-state index in [9.17, 15) is 30.0 Å². The van der Waals surface area contributed by atoms with Crippen molar-refractivity contribution in [1.82, 2.24) is 0 Å². The van der Waals surface area contributed by atoms with E-state index in [1.165, 1.54) is 0 Å². The van der Waals surface area contributed by atoms with Crippen LogP contribution in [0.5, 0.6) is 11.5 Å². The predicted molar refractivity (Wildman–Crippen MR) is 104 cm³/mol. The predicted octanol–water partition coefficient (Wildman–Crippen LogP) is -5.46. The summed E-state index contributed by atoms with van der Waals surface area (Å²) in [6.07, 6.45) is -5.92. The summed E-state index contributed by atoms with van der Waals surface area (Å²) in [6, 6.07) is 12.9. The van der Waals surface area contributed by atoms with Crippen LogP contribution in [0.25, 0.3) is 0 Å². The van der Waals surface area contributed by atoms with Gasteiger partial charge in [-0.2, -0.15) is 0 Å². The molecular weight excluding hydrogens is 428 g/mol. The molecule has 12 heteroatoms. The molecule has 0 aliphatic heterocycles. The van der Waals surface area contributed by atoms with Gasteiger partial charge < -0.3 is 61.9 Å². The molecule has 2 rings (SSSR count). The Kier molecular flexibility index (Phi) is 13.2. The first-order valence-corrected chi connectivity index (χ1v) is 9.24. The van der Waals surface area contributed by atoms with E-state index in [0.29, 0.717) is 13.1 Å². The molecule has 2 aromatic carbocycles. The van der Waals surface area contributed by atoms with Crippen molar-refractivity contribution in [1.29, 1.82) is 0 Å². The Balaban J connectivity index is 0.000000452. The molecule has 12 nitrogen and oxygen atoms in total. The van der Waals surface area contributed by atoms with Gasteiger partial charge in [0.15, 0.2) is 0 Å². The topological polar surface area (TPSA) is 257 Å². The zero-order valence-corrected chi connectivity index (χ0v) is 17.1. The van der Waals surface area contributed by atoms with Crippen molar-refractivity contribution in [2.75, 3.05) is 13.1 Å². The number of carboxylic acids is 2. The average molecular weight is 456 g/mol. The van der Waals surface area contributed by atoms with Crippen LogP contribution in [-0.2, 0) is 9.59 Å². The lowest BCUT2D eigenvalue weighted by molar-refractivity contribution is -0.385. The van der Waals surface area contributed by atoms with Gasteiger partial charge in [0.1, 0.15) is 49.0 Å². The quantitative estimate of drug-likeness (QED) is 0.196. The molecule has 0 radical (unpaired) electrons. The molecule has 2 unspecified atom stereocenters. The zero-order valence-electron chi connectivity index (χ0n) is 17.1. The lowest BCUT2D eigenvalue weighted by atomic mass is 10.1. The van der Waals surface area contributed by atoms with Crippen molar-refractivity contribution in [2.24, 2.45) is 0 Å². The molecule has 0 saturated heterocycles. The molecule has 32 heavy (non-hydrogen) atoms. The van der Waals surface area contributed by atoms with Crippen LogP contribution in [0, 0.1) is 0 Å². The number of rotatable bonds is 7. The molecule has 178 valence electrons. The standard InChI is InChI=1S/2C8H11NO2.C4H6O6/c2*9-5-8(11)6-1-3-7(10)4-2-6;5-1(3(7)8)2(6)4(9)10/h2*1-4,8,10-11H,5,9H2;1-2,5-6H,(H,7,8)(H,9,10)/t2*8-;/m00./s1. The Morgan fingerprint density at radius 3 is 1.09 bits per heavy atom. The maximum absolute atomic E-state index is 9.63. The summed E-state index contributed by atoms with van der Waals surface area (Å²) < 4.78 is 0. The minimum Gasteiger partial charge on any atom is -0.547 e. The molecule has 12 N–H and O–H groups in total. The van der Waals surface area contributed by atoms with Crippen molar-refractivity contribution in [2.45, 2.75) is 24.4 Å². The third-order valence-electron chi connectivity index (χ3n) is 3.88. The summed E-state index contributed by atoms with van der Waals surface area (Å²) in [5, 5.41) is 72.1. The Hall–Kier alpha value is -3.26. The molecule has 0 fully saturated rings. The summed E-state index contributed by atoms with van der Waals surface area (Å²) in [6.45, 7) is 0.898. The van der Waals surface area contributed by atoms with Gasteiger partial charge in [-0.15, -0.1) is 0 Å². The van der Waals surface area contributed by atoms with E-state index in [4.69, 9.17) is 20.4 Å². The molecule has 2 aromatic rings. The highest BCUT2D eigenvalue weighted by atomic mass is 16.4. The van der Waals surface area contributed by atoms with Gasteiger partial charge in [-0.3, -0.25) is 0 Å². The maximum atomic E-state index is 9.63. The van der Waals surface area contributed by atoms with Crippen LogP contribution in [-0.4, -0.2) is 67.9 Å². The average Bonchev–Trinajstić information content (AvgIpc) is 2.78. The molecule has 0 heterocycles. The van der Waals surface area contributed by atoms with Gasteiger partial charge in [0.05, 0.1) is 11.9 Å². The number of hydrogen-bond acceptors (Lipinski definition) is 10. The minimum atomic E-state index is -2.44. The summed E-state index contributed by atoms with van der Waals surface area (Å²) in [4.78, 5) is 19.3. The van der Waals surface area contributed by atoms with Gasteiger partial charge in [0.25, 0.3) is 0 Å². The molecule has 0 bridgehead atoms. The van der Waals surface area contributed by atoms with Crippen LogP contribution in [0.3, 0.4) is 0 Å². The van der Waals surface area contributed by atoms with Crippen LogP contribution in [0.4, 0.5) is 0 Å². The number of phenols is 2. The highest BCUT2D eigenvalue weighted by Gasteiger charge is 2.17. The highest BCUT2D eigenvalue weighted by Crippen LogP contribution is 2.15. The van der Waals surface area contributed by atoms with Crippen molar-refractivity contribution < 1.29 is 61.9 Å². The van der Waals surface area contributed by atoms with Gasteiger partial charge in [-0.25, -0.2) is 0 Å². The number of phenolic OH excluding ortho intramolecular Hbond substituents is 2. The number of carbonyl (C=O) groups is 2. The second-order valence-corrected chi connectivity index (χ2v) is 6.32. The number of aromatic hydroxyl groups is 2. The maximum Gasteiger partial charge on any atom is 0.128 e. The fraction of sp³-hybridized carbons (Fsp3) is 0.300. The Bertz CT molecular complexity index is 745. The molecular formula is C20H28N2O10. The van der Waals surface area contributed by atoms with Gasteiger partial charge >= 0.3 is 0 Å². The second-order valence-electron chi connectivity index (χ2n) is 6.32. The van der Waals surface area contributed by atoms with Crippen LogP contribution in [0.1, 0.15) is 23.3 Å². The molecule has 0 spiro atoms. The third-order valence-corrected chi connectivity index (χ3v) is 3.88. The van der Waals surface area contributed by atoms with E-state index in [1.54, 1.807) is 48.5 Å². The van der Waals surface area contributed by atoms with E-state index in [2.05, 4.69) is 11.5 Å². The van der Waals surface area contributed by atoms with Gasteiger partial charge in [-0.1, -0.05) is 24.3 Å². The lowest BCUT2D eigenvalue weighted by Gasteiger charge is -2.18. The first-order chi connectivity index (χ1) is 14.9. The normalized spacial score (nSPS) is 13.8. The number of carbonyl (C=O) groups excluding carboxylic acids is 2. The highest BCUT2D eigenvalue weighted by molar-refractivity contribution is 5.80. The summed E-state index contributed by atoms with van der Waals surface area (Å²) in [5.41, 5.74) is 8.72. The van der Waals surface area contributed by atoms with E-state index < -0.39 is 36.4 Å². The summed E-state index contributed by atoms with van der Waals surface area (Å²) >= 11 is 0. The second kappa shape index (κ2) is 14.7. The van der Waals surface area contributed by atoms with E-state index in [0.717, 1.165) is 11.1 Å². The number of hydrogen-bond donors (Lipinski definition) is 8. The molecule has 0 aliphatic carbocycles. The largest absolute Gasteiger partial charge is 0.547 e. The fourth-order valence-corrected chi connectivity index (χ4v) is 1.98. The van der Waals surface area contributed by atoms with Crippen LogP contribution < -0.4 is 21.7 Å². The van der Waals surface area contributed by atoms with Gasteiger partial charge in [0, 0.05) is 0 Å². The zero-order chi connectivity index (χ0) is 24.8. The molecule has 0 amide bonds. The van der Waals surface area contributed by atoms with Crippen LogP contribution >= 0.6 is 0 Å². The number of carboxylic acid groups (broad SMARTS) is 2. The van der Waals surface area contributed by atoms with Crippen LogP contribution in [0.15, 0.2) is 48.5 Å². The number of aliphatic carboxylic acids is 2. The monoisotopic (exact) mass is 456 g/mol. The van der Waals surface area contributed by atoms with Crippen molar-refractivity contribution in [3.8, 4) is 11.5 Å². The van der Waals surface area contributed by atoms with E-state index in [1.807, 2.05) is 0 Å². The van der Waals surface area contributed by atoms with Crippen molar-refractivity contribution >= 4 is 11.9 Å². The smallest absolute Gasteiger partial charge is 0.128 e. The first kappa shape index (κ1) is 28.7. The van der Waals surface area contributed by atoms with E-state index in [-0.39, 0.29) is 11.5 Å². The minimum absolute atomic E-state index is 0.213. The molecule has 0 aromatic heterocycles. The molecule has 0 saturated carbocycles. The fourth-order valence-electron chi connectivity index (χ4n) is 1.98. The first-order valence-electron chi connectivity index (χ1n) is 9.24. The van der Waals surface area contributed by atoms with Crippen molar-refractivity contribution in [3.05, 3.63) is 59.7 Å². The third kappa shape index (κ3) is 10.7. The Morgan fingerprint density at radius 2 is 0.906 bits per heavy atom. The summed E-state index contributed by atoms with van der Waals surface area (Å²) in [7, 11) is 0. The lowest BCUT2D eigenvalue weighted by Crippen LogP contribution is -2.52. The summed E-state index contributed by atoms with van der Waals surface area (Å²) in [5.74, 6) is -3.69.